The highest BCUT2D eigenvalue weighted by Crippen LogP contribution is 2.44. The Morgan fingerprint density at radius 3 is 2.89 bits per heavy atom. The molecular weight excluding hydrogens is 230 g/mol. The zero-order valence-electron chi connectivity index (χ0n) is 10.2. The smallest absolute Gasteiger partial charge is 0.338 e. The first kappa shape index (κ1) is 11.1. The van der Waals surface area contributed by atoms with Crippen LogP contribution in [-0.4, -0.2) is 22.7 Å². The third-order valence-corrected chi connectivity index (χ3v) is 3.31. The number of hydrogen-bond donors (Lipinski definition) is 2. The Morgan fingerprint density at radius 1 is 1.50 bits per heavy atom. The predicted molar refractivity (Wildman–Crippen MR) is 68.4 cm³/mol. The van der Waals surface area contributed by atoms with Crippen LogP contribution in [0.3, 0.4) is 0 Å². The first-order valence-electron chi connectivity index (χ1n) is 6.23. The standard InChI is InChI=1S/C14H15NO3/c1-2-18-10-5-3-4-9-11(10)12(14(16)17)13(15-9)8-6-7-8/h3-5,8,15H,2,6-7H2,1H3,(H,16,17). The summed E-state index contributed by atoms with van der Waals surface area (Å²) in [4.78, 5) is 14.8. The largest absolute Gasteiger partial charge is 0.493 e. The van der Waals surface area contributed by atoms with Crippen molar-refractivity contribution in [2.24, 2.45) is 0 Å². The zero-order chi connectivity index (χ0) is 12.7. The summed E-state index contributed by atoms with van der Waals surface area (Å²) in [7, 11) is 0. The summed E-state index contributed by atoms with van der Waals surface area (Å²) in [6, 6.07) is 5.60. The molecule has 1 saturated carbocycles. The Hall–Kier alpha value is -1.97. The average Bonchev–Trinajstić information content (AvgIpc) is 3.10. The molecule has 0 unspecified atom stereocenters. The van der Waals surface area contributed by atoms with Gasteiger partial charge in [-0.2, -0.15) is 0 Å². The molecule has 0 saturated heterocycles. The number of H-pyrrole nitrogens is 1. The van der Waals surface area contributed by atoms with Crippen LogP contribution in [-0.2, 0) is 0 Å². The van der Waals surface area contributed by atoms with Crippen molar-refractivity contribution in [1.29, 1.82) is 0 Å². The molecule has 4 heteroatoms. The van der Waals surface area contributed by atoms with Crippen molar-refractivity contribution in [2.75, 3.05) is 6.61 Å². The van der Waals surface area contributed by atoms with Crippen molar-refractivity contribution in [3.8, 4) is 5.75 Å². The number of aromatic amines is 1. The first-order valence-corrected chi connectivity index (χ1v) is 6.23. The monoisotopic (exact) mass is 245 g/mol. The van der Waals surface area contributed by atoms with E-state index in [1.54, 1.807) is 0 Å². The number of ether oxygens (including phenoxy) is 1. The van der Waals surface area contributed by atoms with Gasteiger partial charge in [-0.05, 0) is 37.8 Å². The Labute approximate surface area is 105 Å². The molecular formula is C14H15NO3. The first-order chi connectivity index (χ1) is 8.72. The second-order valence-corrected chi connectivity index (χ2v) is 4.60. The van der Waals surface area contributed by atoms with Crippen molar-refractivity contribution >= 4 is 16.9 Å². The highest BCUT2D eigenvalue weighted by atomic mass is 16.5. The van der Waals surface area contributed by atoms with Crippen LogP contribution in [0.15, 0.2) is 18.2 Å². The van der Waals surface area contributed by atoms with E-state index in [1.807, 2.05) is 25.1 Å². The summed E-state index contributed by atoms with van der Waals surface area (Å²) in [6.07, 6.45) is 2.13. The number of fused-ring (bicyclic) bond motifs is 1. The number of benzene rings is 1. The Bertz CT molecular complexity index is 611. The summed E-state index contributed by atoms with van der Waals surface area (Å²) >= 11 is 0. The van der Waals surface area contributed by atoms with Gasteiger partial charge >= 0.3 is 5.97 Å². The van der Waals surface area contributed by atoms with Gasteiger partial charge in [0.15, 0.2) is 0 Å². The average molecular weight is 245 g/mol. The van der Waals surface area contributed by atoms with Gasteiger partial charge in [0.05, 0.1) is 23.1 Å². The fraction of sp³-hybridized carbons (Fsp3) is 0.357. The highest BCUT2D eigenvalue weighted by molar-refractivity contribution is 6.07. The molecule has 0 aliphatic heterocycles. The van der Waals surface area contributed by atoms with Crippen LogP contribution >= 0.6 is 0 Å². The van der Waals surface area contributed by atoms with E-state index in [9.17, 15) is 9.90 Å². The van der Waals surface area contributed by atoms with E-state index in [2.05, 4.69) is 4.98 Å². The van der Waals surface area contributed by atoms with Gasteiger partial charge in [0.1, 0.15) is 5.75 Å². The van der Waals surface area contributed by atoms with Crippen molar-refractivity contribution in [1.82, 2.24) is 4.98 Å². The van der Waals surface area contributed by atoms with Gasteiger partial charge in [0.2, 0.25) is 0 Å². The molecule has 1 aromatic heterocycles. The molecule has 1 fully saturated rings. The van der Waals surface area contributed by atoms with Crippen LogP contribution in [0.1, 0.15) is 41.7 Å². The zero-order valence-corrected chi connectivity index (χ0v) is 10.2. The van der Waals surface area contributed by atoms with Crippen LogP contribution in [0.4, 0.5) is 0 Å². The number of carboxylic acids is 1. The van der Waals surface area contributed by atoms with Crippen molar-refractivity contribution in [3.05, 3.63) is 29.5 Å². The summed E-state index contributed by atoms with van der Waals surface area (Å²) in [5, 5.41) is 10.1. The SMILES string of the molecule is CCOc1cccc2[nH]c(C3CC3)c(C(=O)O)c12. The van der Waals surface area contributed by atoms with E-state index < -0.39 is 5.97 Å². The number of hydrogen-bond acceptors (Lipinski definition) is 2. The minimum absolute atomic E-state index is 0.373. The van der Waals surface area contributed by atoms with Gasteiger partial charge in [-0.25, -0.2) is 4.79 Å². The predicted octanol–water partition coefficient (Wildman–Crippen LogP) is 3.14. The number of nitrogens with one attached hydrogen (secondary N) is 1. The number of rotatable bonds is 4. The molecule has 1 heterocycles. The maximum atomic E-state index is 11.5. The van der Waals surface area contributed by atoms with Crippen LogP contribution < -0.4 is 4.74 Å². The van der Waals surface area contributed by atoms with E-state index in [4.69, 9.17) is 4.74 Å². The van der Waals surface area contributed by atoms with E-state index in [0.29, 0.717) is 29.2 Å². The second-order valence-electron chi connectivity index (χ2n) is 4.60. The maximum absolute atomic E-state index is 11.5. The Morgan fingerprint density at radius 2 is 2.28 bits per heavy atom. The van der Waals surface area contributed by atoms with Crippen LogP contribution in [0.5, 0.6) is 5.75 Å². The number of carboxylic acid groups (broad SMARTS) is 1. The topological polar surface area (TPSA) is 62.3 Å². The molecule has 4 nitrogen and oxygen atoms in total. The minimum Gasteiger partial charge on any atom is -0.493 e. The van der Waals surface area contributed by atoms with E-state index >= 15 is 0 Å². The summed E-state index contributed by atoms with van der Waals surface area (Å²) in [5.41, 5.74) is 2.08. The highest BCUT2D eigenvalue weighted by Gasteiger charge is 2.32. The fourth-order valence-corrected chi connectivity index (χ4v) is 2.41. The molecule has 18 heavy (non-hydrogen) atoms. The molecule has 2 N–H and O–H groups in total. The molecule has 3 rings (SSSR count). The van der Waals surface area contributed by atoms with Crippen molar-refractivity contribution in [2.45, 2.75) is 25.7 Å². The minimum atomic E-state index is -0.879. The summed E-state index contributed by atoms with van der Waals surface area (Å²) in [5.74, 6) is 0.142. The van der Waals surface area contributed by atoms with Gasteiger partial charge in [0.25, 0.3) is 0 Å². The summed E-state index contributed by atoms with van der Waals surface area (Å²) in [6.45, 7) is 2.43. The van der Waals surface area contributed by atoms with Crippen LogP contribution in [0, 0.1) is 0 Å². The molecule has 1 aromatic carbocycles. The normalized spacial score (nSPS) is 14.9. The molecule has 0 atom stereocenters. The maximum Gasteiger partial charge on any atom is 0.338 e. The lowest BCUT2D eigenvalue weighted by atomic mass is 10.1. The Kier molecular flexibility index (Phi) is 2.51. The lowest BCUT2D eigenvalue weighted by Gasteiger charge is -2.05. The van der Waals surface area contributed by atoms with Gasteiger partial charge < -0.3 is 14.8 Å². The van der Waals surface area contributed by atoms with Crippen molar-refractivity contribution in [3.63, 3.8) is 0 Å². The van der Waals surface area contributed by atoms with Gasteiger partial charge in [0, 0.05) is 5.69 Å². The van der Waals surface area contributed by atoms with Crippen LogP contribution in [0.25, 0.3) is 10.9 Å². The fourth-order valence-electron chi connectivity index (χ4n) is 2.41. The number of carbonyl (C=O) groups is 1. The van der Waals surface area contributed by atoms with E-state index in [1.165, 1.54) is 0 Å². The molecule has 0 radical (unpaired) electrons. The lowest BCUT2D eigenvalue weighted by molar-refractivity contribution is 0.0697. The van der Waals surface area contributed by atoms with E-state index in [0.717, 1.165) is 24.1 Å². The quantitative estimate of drug-likeness (QED) is 0.869. The molecule has 0 spiro atoms. The molecule has 2 aromatic rings. The molecule has 0 bridgehead atoms. The number of aromatic nitrogens is 1. The third kappa shape index (κ3) is 1.65. The van der Waals surface area contributed by atoms with E-state index in [-0.39, 0.29) is 0 Å². The number of aromatic carboxylic acids is 1. The van der Waals surface area contributed by atoms with Crippen LogP contribution in [0.2, 0.25) is 0 Å². The van der Waals surface area contributed by atoms with Gasteiger partial charge in [-0.15, -0.1) is 0 Å². The lowest BCUT2D eigenvalue weighted by Crippen LogP contribution is -2.01. The van der Waals surface area contributed by atoms with Gasteiger partial charge in [-0.1, -0.05) is 6.07 Å². The molecule has 94 valence electrons. The Balaban J connectivity index is 2.28. The summed E-state index contributed by atoms with van der Waals surface area (Å²) < 4.78 is 5.54. The molecule has 1 aliphatic rings. The van der Waals surface area contributed by atoms with Crippen molar-refractivity contribution < 1.29 is 14.6 Å². The van der Waals surface area contributed by atoms with Gasteiger partial charge in [-0.3, -0.25) is 0 Å². The second kappa shape index (κ2) is 4.05. The molecule has 1 aliphatic carbocycles. The third-order valence-electron chi connectivity index (χ3n) is 3.31. The molecule has 0 amide bonds.